The number of nitrogens with one attached hydrogen (secondary N) is 4. The molecule has 2 heterocycles. The Morgan fingerprint density at radius 3 is 2.44 bits per heavy atom. The number of unbranched alkanes of at least 4 members (excludes halogenated alkanes) is 1. The van der Waals surface area contributed by atoms with Gasteiger partial charge in [0.05, 0.1) is 36.9 Å². The van der Waals surface area contributed by atoms with Gasteiger partial charge in [0, 0.05) is 30.4 Å². The van der Waals surface area contributed by atoms with Crippen molar-refractivity contribution in [3.8, 4) is 0 Å². The SMILES string of the molecule is O=C(CCCCC1SC[C@@H]2NC(=O)N[C@H]12)NCC(NS(=O)(=O)[O-])C(O)CC(O)COS(=O)(=O)[O-].[Na+].[Na+]. The quantitative estimate of drug-likeness (QED) is 0.0340. The van der Waals surface area contributed by atoms with Gasteiger partial charge in [-0.25, -0.2) is 26.4 Å². The molecular weight excluding hydrogens is 566 g/mol. The second-order valence-corrected chi connectivity index (χ2v) is 11.5. The maximum absolute atomic E-state index is 12.1. The van der Waals surface area contributed by atoms with Crippen LogP contribution in [0.1, 0.15) is 32.1 Å². The molecule has 6 N–H and O–H groups in total. The van der Waals surface area contributed by atoms with E-state index in [2.05, 4.69) is 20.1 Å². The number of aliphatic hydroxyl groups is 2. The summed E-state index contributed by atoms with van der Waals surface area (Å²) in [6, 6.07) is -1.53. The molecule has 2 rings (SSSR count). The smallest absolute Gasteiger partial charge is 0.735 e. The van der Waals surface area contributed by atoms with Gasteiger partial charge in [-0.1, -0.05) is 6.42 Å². The molecule has 0 aromatic carbocycles. The number of thioether (sulfide) groups is 1. The van der Waals surface area contributed by atoms with E-state index in [0.29, 0.717) is 12.8 Å². The summed E-state index contributed by atoms with van der Waals surface area (Å²) in [7, 11) is -10.1. The number of rotatable bonds is 15. The first kappa shape index (κ1) is 36.8. The van der Waals surface area contributed by atoms with Gasteiger partial charge in [-0.3, -0.25) is 8.98 Å². The van der Waals surface area contributed by atoms with Crippen molar-refractivity contribution in [1.29, 1.82) is 0 Å². The van der Waals surface area contributed by atoms with Crippen LogP contribution in [-0.4, -0.2) is 103 Å². The Kier molecular flexibility index (Phi) is 17.1. The van der Waals surface area contributed by atoms with Gasteiger partial charge >= 0.3 is 65.1 Å². The minimum atomic E-state index is -5.08. The van der Waals surface area contributed by atoms with Gasteiger partial charge in [-0.05, 0) is 12.8 Å². The number of aliphatic hydroxyl groups excluding tert-OH is 2. The Balaban J connectivity index is 0.00000612. The summed E-state index contributed by atoms with van der Waals surface area (Å²) in [5.74, 6) is 0.359. The summed E-state index contributed by atoms with van der Waals surface area (Å²) < 4.78 is 69.8. The zero-order chi connectivity index (χ0) is 25.5. The second-order valence-electron chi connectivity index (χ2n) is 8.00. The average Bonchev–Trinajstić information content (AvgIpc) is 3.24. The summed E-state index contributed by atoms with van der Waals surface area (Å²) in [6.45, 7) is -1.46. The number of urea groups is 1. The number of hydrogen-bond acceptors (Lipinski definition) is 12. The van der Waals surface area contributed by atoms with Crippen molar-refractivity contribution in [1.82, 2.24) is 20.7 Å². The van der Waals surface area contributed by atoms with Crippen LogP contribution in [0.15, 0.2) is 0 Å². The molecular formula is C16H28N4Na2O11S3. The largest absolute Gasteiger partial charge is 1.00 e. The third-order valence-electron chi connectivity index (χ3n) is 5.28. The minimum Gasteiger partial charge on any atom is -0.735 e. The first-order chi connectivity index (χ1) is 15.7. The predicted molar refractivity (Wildman–Crippen MR) is 116 cm³/mol. The van der Waals surface area contributed by atoms with Crippen LogP contribution in [0.25, 0.3) is 0 Å². The molecule has 2 fully saturated rings. The summed E-state index contributed by atoms with van der Waals surface area (Å²) >= 11 is 1.75. The second kappa shape index (κ2) is 16.8. The molecule has 3 amide bonds. The van der Waals surface area contributed by atoms with Crippen LogP contribution >= 0.6 is 11.8 Å². The van der Waals surface area contributed by atoms with E-state index in [9.17, 15) is 45.7 Å². The third-order valence-corrected chi connectivity index (χ3v) is 7.80. The number of amides is 3. The van der Waals surface area contributed by atoms with Crippen molar-refractivity contribution in [2.45, 2.75) is 67.7 Å². The monoisotopic (exact) mass is 594 g/mol. The van der Waals surface area contributed by atoms with E-state index in [1.807, 2.05) is 0 Å². The molecule has 2 aliphatic heterocycles. The molecule has 0 aromatic rings. The molecule has 0 bridgehead atoms. The van der Waals surface area contributed by atoms with Crippen LogP contribution in [0.3, 0.4) is 0 Å². The fourth-order valence-electron chi connectivity index (χ4n) is 3.70. The third kappa shape index (κ3) is 14.2. The first-order valence-electron chi connectivity index (χ1n) is 10.4. The van der Waals surface area contributed by atoms with Gasteiger partial charge in [-0.2, -0.15) is 11.8 Å². The number of carbonyl (C=O) groups excluding carboxylic acids is 2. The number of hydrogen-bond donors (Lipinski definition) is 6. The van der Waals surface area contributed by atoms with Crippen molar-refractivity contribution in [2.75, 3.05) is 18.9 Å². The average molecular weight is 595 g/mol. The van der Waals surface area contributed by atoms with Crippen LogP contribution in [-0.2, 0) is 29.7 Å². The van der Waals surface area contributed by atoms with E-state index < -0.39 is 64.4 Å². The van der Waals surface area contributed by atoms with Crippen LogP contribution in [0.4, 0.5) is 4.79 Å². The molecule has 2 saturated heterocycles. The van der Waals surface area contributed by atoms with Crippen molar-refractivity contribution in [3.63, 3.8) is 0 Å². The molecule has 198 valence electrons. The van der Waals surface area contributed by atoms with E-state index in [4.69, 9.17) is 0 Å². The Morgan fingerprint density at radius 1 is 1.17 bits per heavy atom. The van der Waals surface area contributed by atoms with E-state index in [0.717, 1.165) is 12.2 Å². The van der Waals surface area contributed by atoms with Crippen molar-refractivity contribution >= 4 is 44.4 Å². The topological polar surface area (TPSA) is 246 Å². The van der Waals surface area contributed by atoms with E-state index >= 15 is 0 Å². The normalized spacial score (nSPS) is 23.8. The van der Waals surface area contributed by atoms with Crippen molar-refractivity contribution < 1.29 is 109 Å². The fourth-order valence-corrected chi connectivity index (χ4v) is 6.18. The Hall–Kier alpha value is 0.750. The molecule has 0 spiro atoms. The van der Waals surface area contributed by atoms with Crippen LogP contribution in [0, 0.1) is 0 Å². The van der Waals surface area contributed by atoms with Crippen molar-refractivity contribution in [3.05, 3.63) is 0 Å². The number of fused-ring (bicyclic) bond motifs is 1. The fraction of sp³-hybridized carbons (Fsp3) is 0.875. The molecule has 20 heteroatoms. The minimum absolute atomic E-state index is 0. The first-order valence-corrected chi connectivity index (χ1v) is 14.2. The maximum atomic E-state index is 12.1. The predicted octanol–water partition coefficient (Wildman–Crippen LogP) is -9.16. The van der Waals surface area contributed by atoms with Gasteiger partial charge < -0.3 is 35.3 Å². The summed E-state index contributed by atoms with van der Waals surface area (Å²) in [4.78, 5) is 23.5. The van der Waals surface area contributed by atoms with Gasteiger partial charge in [-0.15, -0.1) is 0 Å². The van der Waals surface area contributed by atoms with Crippen LogP contribution in [0.5, 0.6) is 0 Å². The Morgan fingerprint density at radius 2 is 1.83 bits per heavy atom. The van der Waals surface area contributed by atoms with Crippen LogP contribution in [0.2, 0.25) is 0 Å². The summed E-state index contributed by atoms with van der Waals surface area (Å²) in [6.07, 6.45) is -1.91. The molecule has 2 aliphatic rings. The van der Waals surface area contributed by atoms with Gasteiger partial charge in [0.2, 0.25) is 16.3 Å². The zero-order valence-electron chi connectivity index (χ0n) is 19.9. The van der Waals surface area contributed by atoms with E-state index in [-0.39, 0.29) is 88.9 Å². The van der Waals surface area contributed by atoms with Gasteiger partial charge in [0.15, 0.2) is 10.3 Å². The standard InChI is InChI=1S/C16H30N4O11S3.2Na/c21-9(7-31-34(28,29)30)5-12(22)10(20-33(25,26)27)6-17-14(23)4-2-1-3-13-15-11(8-32-13)18-16(24)19-15;;/h9-13,15,20-22H,1-8H2,(H,17,23)(H2,18,19,24)(H,25,26,27)(H,28,29,30);;/q;2*+1/p-2/t9?,10?,11-,12?,13?,15-;;/m0../s1. The number of carbonyl (C=O) groups is 2. The van der Waals surface area contributed by atoms with E-state index in [1.54, 1.807) is 16.5 Å². The molecule has 0 saturated carbocycles. The van der Waals surface area contributed by atoms with Crippen LogP contribution < -0.4 is 79.8 Å². The molecule has 6 atom stereocenters. The molecule has 15 nitrogen and oxygen atoms in total. The maximum Gasteiger partial charge on any atom is 1.00 e. The summed E-state index contributed by atoms with van der Waals surface area (Å²) in [5.41, 5.74) is 0. The Labute approximate surface area is 258 Å². The molecule has 0 radical (unpaired) electrons. The molecule has 4 unspecified atom stereocenters. The van der Waals surface area contributed by atoms with E-state index in [1.165, 1.54) is 0 Å². The summed E-state index contributed by atoms with van der Waals surface area (Å²) in [5, 5.41) is 28.1. The molecule has 36 heavy (non-hydrogen) atoms. The molecule has 0 aliphatic carbocycles. The van der Waals surface area contributed by atoms with Gasteiger partial charge in [0.25, 0.3) is 0 Å². The van der Waals surface area contributed by atoms with Gasteiger partial charge in [0.1, 0.15) is 0 Å². The van der Waals surface area contributed by atoms with Crippen molar-refractivity contribution in [2.24, 2.45) is 0 Å². The zero-order valence-corrected chi connectivity index (χ0v) is 26.4. The molecule has 0 aromatic heterocycles. The Bertz CT molecular complexity index is 928.